The molecule has 1 heterocycles. The Morgan fingerprint density at radius 1 is 1.22 bits per heavy atom. The quantitative estimate of drug-likeness (QED) is 0.515. The minimum Gasteiger partial charge on any atom is -0.462 e. The summed E-state index contributed by atoms with van der Waals surface area (Å²) in [7, 11) is 0. The van der Waals surface area contributed by atoms with E-state index in [1.54, 1.807) is 0 Å². The van der Waals surface area contributed by atoms with Crippen molar-refractivity contribution < 1.29 is 9.53 Å². The maximum absolute atomic E-state index is 11.9. The van der Waals surface area contributed by atoms with Gasteiger partial charge in [0.2, 0.25) is 5.16 Å². The molecule has 1 aliphatic rings. The van der Waals surface area contributed by atoms with Crippen LogP contribution in [0.1, 0.15) is 32.1 Å². The Labute approximate surface area is 139 Å². The van der Waals surface area contributed by atoms with Crippen LogP contribution >= 0.6 is 11.8 Å². The van der Waals surface area contributed by atoms with Crippen LogP contribution in [-0.4, -0.2) is 32.7 Å². The van der Waals surface area contributed by atoms with E-state index in [0.29, 0.717) is 11.0 Å². The highest BCUT2D eigenvalue weighted by atomic mass is 32.2. The average molecular weight is 332 g/mol. The zero-order valence-electron chi connectivity index (χ0n) is 12.9. The van der Waals surface area contributed by atoms with Crippen molar-refractivity contribution in [1.29, 1.82) is 0 Å². The number of esters is 1. The van der Waals surface area contributed by atoms with Crippen LogP contribution < -0.4 is 5.84 Å². The molecule has 7 heteroatoms. The van der Waals surface area contributed by atoms with E-state index in [1.165, 1.54) is 22.9 Å². The molecule has 1 fully saturated rings. The van der Waals surface area contributed by atoms with E-state index in [9.17, 15) is 4.79 Å². The zero-order chi connectivity index (χ0) is 16.1. The number of carbonyl (C=O) groups is 1. The molecule has 2 aromatic rings. The predicted octanol–water partition coefficient (Wildman–Crippen LogP) is 2.63. The molecule has 0 atom stereocenters. The molecule has 1 aromatic carbocycles. The highest BCUT2D eigenvalue weighted by molar-refractivity contribution is 7.99. The van der Waals surface area contributed by atoms with Crippen LogP contribution in [-0.2, 0) is 9.53 Å². The molecule has 0 saturated heterocycles. The van der Waals surface area contributed by atoms with Gasteiger partial charge in [0.15, 0.2) is 5.82 Å². The van der Waals surface area contributed by atoms with Gasteiger partial charge in [-0.05, 0) is 25.7 Å². The van der Waals surface area contributed by atoms with E-state index in [2.05, 4.69) is 10.2 Å². The molecule has 0 unspecified atom stereocenters. The van der Waals surface area contributed by atoms with E-state index in [4.69, 9.17) is 10.6 Å². The Morgan fingerprint density at radius 3 is 2.70 bits per heavy atom. The summed E-state index contributed by atoms with van der Waals surface area (Å²) in [6, 6.07) is 9.59. The number of nitrogen functional groups attached to an aromatic ring is 1. The summed E-state index contributed by atoms with van der Waals surface area (Å²) in [4.78, 5) is 11.9. The molecular weight excluding hydrogens is 312 g/mol. The van der Waals surface area contributed by atoms with Gasteiger partial charge in [-0.3, -0.25) is 4.79 Å². The molecule has 0 aliphatic heterocycles. The third-order valence-corrected chi connectivity index (χ3v) is 4.78. The molecule has 1 aromatic heterocycles. The van der Waals surface area contributed by atoms with Crippen LogP contribution in [0.25, 0.3) is 11.4 Å². The van der Waals surface area contributed by atoms with Crippen molar-refractivity contribution in [2.24, 2.45) is 0 Å². The number of hydrogen-bond acceptors (Lipinski definition) is 6. The summed E-state index contributed by atoms with van der Waals surface area (Å²) in [5.74, 6) is 6.58. The lowest BCUT2D eigenvalue weighted by Gasteiger charge is -2.21. The summed E-state index contributed by atoms with van der Waals surface area (Å²) in [5, 5.41) is 8.65. The van der Waals surface area contributed by atoms with E-state index in [0.717, 1.165) is 31.2 Å². The van der Waals surface area contributed by atoms with Gasteiger partial charge in [0.05, 0.1) is 5.75 Å². The van der Waals surface area contributed by atoms with Crippen LogP contribution in [0, 0.1) is 0 Å². The van der Waals surface area contributed by atoms with Gasteiger partial charge in [-0.25, -0.2) is 4.68 Å². The summed E-state index contributed by atoms with van der Waals surface area (Å²) in [6.07, 6.45) is 5.54. The molecular formula is C16H20N4O2S. The van der Waals surface area contributed by atoms with Gasteiger partial charge in [-0.15, -0.1) is 10.2 Å². The Balaban J connectivity index is 1.56. The molecule has 23 heavy (non-hydrogen) atoms. The fourth-order valence-electron chi connectivity index (χ4n) is 2.69. The number of ether oxygens (including phenoxy) is 1. The maximum atomic E-state index is 11.9. The Kier molecular flexibility index (Phi) is 5.17. The molecule has 0 bridgehead atoms. The van der Waals surface area contributed by atoms with Crippen molar-refractivity contribution in [2.75, 3.05) is 11.6 Å². The highest BCUT2D eigenvalue weighted by Crippen LogP contribution is 2.23. The third-order valence-electron chi connectivity index (χ3n) is 3.87. The number of nitrogens with two attached hydrogens (primary N) is 1. The number of nitrogens with zero attached hydrogens (tertiary/aromatic N) is 3. The molecule has 1 saturated carbocycles. The second-order valence-corrected chi connectivity index (χ2v) is 6.52. The first-order valence-corrected chi connectivity index (χ1v) is 8.81. The Morgan fingerprint density at radius 2 is 1.96 bits per heavy atom. The molecule has 0 spiro atoms. The molecule has 0 radical (unpaired) electrons. The van der Waals surface area contributed by atoms with Crippen LogP contribution in [0.5, 0.6) is 0 Å². The van der Waals surface area contributed by atoms with Crippen molar-refractivity contribution in [3.8, 4) is 11.4 Å². The second-order valence-electron chi connectivity index (χ2n) is 5.58. The van der Waals surface area contributed by atoms with E-state index in [1.807, 2.05) is 30.3 Å². The molecule has 3 rings (SSSR count). The van der Waals surface area contributed by atoms with Gasteiger partial charge >= 0.3 is 5.97 Å². The monoisotopic (exact) mass is 332 g/mol. The normalized spacial score (nSPS) is 15.5. The fraction of sp³-hybridized carbons (Fsp3) is 0.438. The first kappa shape index (κ1) is 15.9. The van der Waals surface area contributed by atoms with E-state index >= 15 is 0 Å². The SMILES string of the molecule is Nn1c(SCC(=O)OC2CCCCC2)nnc1-c1ccccc1. The van der Waals surface area contributed by atoms with Crippen LogP contribution in [0.2, 0.25) is 0 Å². The van der Waals surface area contributed by atoms with Crippen LogP contribution in [0.15, 0.2) is 35.5 Å². The van der Waals surface area contributed by atoms with Crippen LogP contribution in [0.4, 0.5) is 0 Å². The summed E-state index contributed by atoms with van der Waals surface area (Å²) < 4.78 is 6.90. The first-order valence-electron chi connectivity index (χ1n) is 7.82. The minimum atomic E-state index is -0.217. The van der Waals surface area contributed by atoms with E-state index in [-0.39, 0.29) is 17.8 Å². The lowest BCUT2D eigenvalue weighted by molar-refractivity contribution is -0.147. The number of rotatable bonds is 5. The maximum Gasteiger partial charge on any atom is 0.316 e. The summed E-state index contributed by atoms with van der Waals surface area (Å²) in [6.45, 7) is 0. The van der Waals surface area contributed by atoms with Gasteiger partial charge in [0.1, 0.15) is 6.10 Å². The van der Waals surface area contributed by atoms with Gasteiger partial charge in [0, 0.05) is 5.56 Å². The second kappa shape index (κ2) is 7.50. The topological polar surface area (TPSA) is 83.0 Å². The predicted molar refractivity (Wildman–Crippen MR) is 89.3 cm³/mol. The molecule has 1 aliphatic carbocycles. The van der Waals surface area contributed by atoms with Crippen molar-refractivity contribution in [2.45, 2.75) is 43.4 Å². The lowest BCUT2D eigenvalue weighted by Crippen LogP contribution is -2.22. The molecule has 6 nitrogen and oxygen atoms in total. The van der Waals surface area contributed by atoms with Crippen molar-refractivity contribution in [1.82, 2.24) is 14.9 Å². The van der Waals surface area contributed by atoms with Gasteiger partial charge in [-0.1, -0.05) is 48.5 Å². The van der Waals surface area contributed by atoms with Crippen molar-refractivity contribution in [3.63, 3.8) is 0 Å². The lowest BCUT2D eigenvalue weighted by atomic mass is 9.98. The van der Waals surface area contributed by atoms with Gasteiger partial charge in [-0.2, -0.15) is 0 Å². The number of thioether (sulfide) groups is 1. The summed E-state index contributed by atoms with van der Waals surface area (Å²) >= 11 is 1.25. The minimum absolute atomic E-state index is 0.0764. The van der Waals surface area contributed by atoms with Gasteiger partial charge < -0.3 is 10.6 Å². The Bertz CT molecular complexity index is 653. The number of benzene rings is 1. The summed E-state index contributed by atoms with van der Waals surface area (Å²) in [5.41, 5.74) is 0.888. The molecule has 0 amide bonds. The smallest absolute Gasteiger partial charge is 0.316 e. The largest absolute Gasteiger partial charge is 0.462 e. The molecule has 122 valence electrons. The first-order chi connectivity index (χ1) is 11.2. The zero-order valence-corrected chi connectivity index (χ0v) is 13.7. The van der Waals surface area contributed by atoms with Crippen molar-refractivity contribution >= 4 is 17.7 Å². The van der Waals surface area contributed by atoms with Crippen molar-refractivity contribution in [3.05, 3.63) is 30.3 Å². The van der Waals surface area contributed by atoms with Gasteiger partial charge in [0.25, 0.3) is 0 Å². The Hall–Kier alpha value is -2.02. The average Bonchev–Trinajstić information content (AvgIpc) is 2.95. The molecule has 2 N–H and O–H groups in total. The van der Waals surface area contributed by atoms with Crippen LogP contribution in [0.3, 0.4) is 0 Å². The number of aromatic nitrogens is 3. The highest BCUT2D eigenvalue weighted by Gasteiger charge is 2.19. The fourth-order valence-corrected chi connectivity index (χ4v) is 3.33. The standard InChI is InChI=1S/C16H20N4O2S/c17-20-15(12-7-3-1-4-8-12)18-19-16(20)23-11-14(21)22-13-9-5-2-6-10-13/h1,3-4,7-8,13H,2,5-6,9-11,17H2. The number of carbonyl (C=O) groups excluding carboxylic acids is 1. The number of hydrogen-bond donors (Lipinski definition) is 1. The third kappa shape index (κ3) is 4.04. The van der Waals surface area contributed by atoms with E-state index < -0.39 is 0 Å².